The van der Waals surface area contributed by atoms with Crippen LogP contribution in [0.2, 0.25) is 0 Å². The predicted octanol–water partition coefficient (Wildman–Crippen LogP) is 2.34. The lowest BCUT2D eigenvalue weighted by molar-refractivity contribution is -0.117. The lowest BCUT2D eigenvalue weighted by Crippen LogP contribution is -2.34. The summed E-state index contributed by atoms with van der Waals surface area (Å²) >= 11 is 1.53. The molecule has 2 aromatic rings. The van der Waals surface area contributed by atoms with Crippen molar-refractivity contribution in [3.8, 4) is 0 Å². The van der Waals surface area contributed by atoms with Crippen LogP contribution in [0.25, 0.3) is 10.2 Å². The van der Waals surface area contributed by atoms with Gasteiger partial charge in [-0.3, -0.25) is 9.69 Å². The average Bonchev–Trinajstić information content (AvgIpc) is 3.20. The van der Waals surface area contributed by atoms with Crippen molar-refractivity contribution in [1.29, 1.82) is 0 Å². The molecule has 1 aromatic carbocycles. The van der Waals surface area contributed by atoms with E-state index in [1.54, 1.807) is 0 Å². The minimum atomic E-state index is 0. The average molecular weight is 353 g/mol. The van der Waals surface area contributed by atoms with Crippen molar-refractivity contribution in [2.75, 3.05) is 38.0 Å². The molecular formula is C16H21ClN4OS. The Balaban J connectivity index is 0.00000156. The number of aromatic nitrogens is 1. The summed E-state index contributed by atoms with van der Waals surface area (Å²) < 4.78 is 1.11. The van der Waals surface area contributed by atoms with Crippen molar-refractivity contribution >= 4 is 45.0 Å². The zero-order valence-corrected chi connectivity index (χ0v) is 14.5. The van der Waals surface area contributed by atoms with Gasteiger partial charge in [0.25, 0.3) is 0 Å². The van der Waals surface area contributed by atoms with Crippen molar-refractivity contribution in [3.05, 3.63) is 24.3 Å². The number of fused-ring (bicyclic) bond motifs is 1. The number of nitrogens with one attached hydrogen (secondary N) is 2. The van der Waals surface area contributed by atoms with E-state index in [0.29, 0.717) is 17.1 Å². The van der Waals surface area contributed by atoms with Gasteiger partial charge in [0.1, 0.15) is 0 Å². The van der Waals surface area contributed by atoms with Gasteiger partial charge in [0, 0.05) is 13.1 Å². The number of rotatable bonds is 3. The summed E-state index contributed by atoms with van der Waals surface area (Å²) in [5.41, 5.74) is 1.36. The summed E-state index contributed by atoms with van der Waals surface area (Å²) in [6.07, 6.45) is 2.44. The topological polar surface area (TPSA) is 57.3 Å². The molecule has 124 valence electrons. The summed E-state index contributed by atoms with van der Waals surface area (Å²) in [5, 5.41) is 7.09. The van der Waals surface area contributed by atoms with Crippen molar-refractivity contribution in [3.63, 3.8) is 0 Å². The third-order valence-electron chi connectivity index (χ3n) is 4.76. The van der Waals surface area contributed by atoms with Gasteiger partial charge < -0.3 is 10.6 Å². The highest BCUT2D eigenvalue weighted by atomic mass is 35.5. The molecule has 2 N–H and O–H groups in total. The lowest BCUT2D eigenvalue weighted by Gasteiger charge is -2.22. The molecule has 2 aliphatic rings. The number of thiazole rings is 1. The Morgan fingerprint density at radius 3 is 3.04 bits per heavy atom. The Bertz CT molecular complexity index is 665. The van der Waals surface area contributed by atoms with Crippen LogP contribution in [0.4, 0.5) is 5.13 Å². The Morgan fingerprint density at radius 2 is 2.26 bits per heavy atom. The van der Waals surface area contributed by atoms with E-state index >= 15 is 0 Å². The van der Waals surface area contributed by atoms with Crippen LogP contribution in [0.15, 0.2) is 24.3 Å². The van der Waals surface area contributed by atoms with Crippen LogP contribution in [-0.4, -0.2) is 48.5 Å². The number of amides is 1. The van der Waals surface area contributed by atoms with Crippen molar-refractivity contribution in [2.45, 2.75) is 12.8 Å². The maximum atomic E-state index is 12.2. The summed E-state index contributed by atoms with van der Waals surface area (Å²) in [6.45, 7) is 4.74. The number of nitrogens with zero attached hydrogens (tertiary/aromatic N) is 2. The molecule has 1 unspecified atom stereocenters. The molecule has 3 heterocycles. The van der Waals surface area contributed by atoms with E-state index in [1.165, 1.54) is 24.2 Å². The molecule has 5 nitrogen and oxygen atoms in total. The van der Waals surface area contributed by atoms with Crippen molar-refractivity contribution in [1.82, 2.24) is 15.2 Å². The van der Waals surface area contributed by atoms with Crippen LogP contribution in [0, 0.1) is 5.41 Å². The normalized spacial score (nSPS) is 24.2. The second-order valence-corrected chi connectivity index (χ2v) is 7.45. The summed E-state index contributed by atoms with van der Waals surface area (Å²) in [6, 6.07) is 7.96. The maximum Gasteiger partial charge on any atom is 0.240 e. The van der Waals surface area contributed by atoms with Crippen LogP contribution in [0.1, 0.15) is 12.8 Å². The van der Waals surface area contributed by atoms with Gasteiger partial charge in [-0.1, -0.05) is 23.5 Å². The fourth-order valence-corrected chi connectivity index (χ4v) is 4.48. The minimum absolute atomic E-state index is 0. The predicted molar refractivity (Wildman–Crippen MR) is 96.5 cm³/mol. The van der Waals surface area contributed by atoms with E-state index in [2.05, 4.69) is 20.5 Å². The molecule has 1 atom stereocenters. The summed E-state index contributed by atoms with van der Waals surface area (Å²) in [4.78, 5) is 19.0. The van der Waals surface area contributed by atoms with Gasteiger partial charge in [-0.15, -0.1) is 12.4 Å². The molecule has 1 aromatic heterocycles. The highest BCUT2D eigenvalue weighted by molar-refractivity contribution is 7.22. The lowest BCUT2D eigenvalue weighted by atomic mass is 9.87. The van der Waals surface area contributed by atoms with E-state index in [1.807, 2.05) is 24.3 Å². The number of para-hydroxylation sites is 1. The number of hydrogen-bond acceptors (Lipinski definition) is 5. The molecule has 7 heteroatoms. The van der Waals surface area contributed by atoms with Gasteiger partial charge in [-0.2, -0.15) is 0 Å². The van der Waals surface area contributed by atoms with E-state index in [4.69, 9.17) is 0 Å². The molecule has 0 saturated carbocycles. The molecule has 2 aliphatic heterocycles. The van der Waals surface area contributed by atoms with Crippen molar-refractivity contribution < 1.29 is 4.79 Å². The Hall–Kier alpha value is -1.21. The van der Waals surface area contributed by atoms with Gasteiger partial charge in [0.05, 0.1) is 16.8 Å². The first-order chi connectivity index (χ1) is 10.7. The second-order valence-electron chi connectivity index (χ2n) is 6.42. The van der Waals surface area contributed by atoms with Gasteiger partial charge >= 0.3 is 0 Å². The van der Waals surface area contributed by atoms with E-state index in [0.717, 1.165) is 36.4 Å². The van der Waals surface area contributed by atoms with Gasteiger partial charge in [0.2, 0.25) is 5.91 Å². The van der Waals surface area contributed by atoms with E-state index < -0.39 is 0 Å². The molecule has 2 fully saturated rings. The molecule has 1 spiro atoms. The van der Waals surface area contributed by atoms with Crippen molar-refractivity contribution in [2.24, 2.45) is 5.41 Å². The number of likely N-dealkylation sites (tertiary alicyclic amines) is 1. The maximum absolute atomic E-state index is 12.2. The molecule has 4 rings (SSSR count). The monoisotopic (exact) mass is 352 g/mol. The molecule has 0 aliphatic carbocycles. The minimum Gasteiger partial charge on any atom is -0.316 e. The number of benzene rings is 1. The highest BCUT2D eigenvalue weighted by Crippen LogP contribution is 2.35. The standard InChI is InChI=1S/C16H20N4OS.ClH/c21-14(9-20-8-6-16(11-20)5-7-17-10-16)19-15-18-12-3-1-2-4-13(12)22-15;/h1-4,17H,5-11H2,(H,18,19,21);1H. The van der Waals surface area contributed by atoms with E-state index in [9.17, 15) is 4.79 Å². The molecular weight excluding hydrogens is 332 g/mol. The van der Waals surface area contributed by atoms with Crippen LogP contribution >= 0.6 is 23.7 Å². The largest absolute Gasteiger partial charge is 0.316 e. The van der Waals surface area contributed by atoms with Gasteiger partial charge in [-0.05, 0) is 43.5 Å². The van der Waals surface area contributed by atoms with Crippen LogP contribution in [0.5, 0.6) is 0 Å². The molecule has 1 amide bonds. The first kappa shape index (κ1) is 16.6. The zero-order valence-electron chi connectivity index (χ0n) is 12.9. The Morgan fingerprint density at radius 1 is 1.39 bits per heavy atom. The second kappa shape index (κ2) is 6.73. The fraction of sp³-hybridized carbons (Fsp3) is 0.500. The zero-order chi connectivity index (χ0) is 15.0. The first-order valence-electron chi connectivity index (χ1n) is 7.81. The Labute approximate surface area is 145 Å². The molecule has 23 heavy (non-hydrogen) atoms. The number of anilines is 1. The van der Waals surface area contributed by atoms with Gasteiger partial charge in [0.15, 0.2) is 5.13 Å². The number of carbonyl (C=O) groups is 1. The van der Waals surface area contributed by atoms with Gasteiger partial charge in [-0.25, -0.2) is 4.98 Å². The highest BCUT2D eigenvalue weighted by Gasteiger charge is 2.40. The van der Waals surface area contributed by atoms with Crippen LogP contribution in [-0.2, 0) is 4.79 Å². The quantitative estimate of drug-likeness (QED) is 0.890. The molecule has 0 radical (unpaired) electrons. The SMILES string of the molecule is Cl.O=C(CN1CCC2(CCNC2)C1)Nc1nc2ccccc2s1. The smallest absolute Gasteiger partial charge is 0.240 e. The van der Waals surface area contributed by atoms with Crippen LogP contribution < -0.4 is 10.6 Å². The Kier molecular flexibility index (Phi) is 4.87. The first-order valence-corrected chi connectivity index (χ1v) is 8.63. The number of carbonyl (C=O) groups excluding carboxylic acids is 1. The number of hydrogen-bond donors (Lipinski definition) is 2. The molecule has 2 saturated heterocycles. The summed E-state index contributed by atoms with van der Waals surface area (Å²) in [7, 11) is 0. The third-order valence-corrected chi connectivity index (χ3v) is 5.71. The summed E-state index contributed by atoms with van der Waals surface area (Å²) in [5.74, 6) is 0.0436. The third kappa shape index (κ3) is 3.50. The fourth-order valence-electron chi connectivity index (χ4n) is 3.59. The van der Waals surface area contributed by atoms with Crippen LogP contribution in [0.3, 0.4) is 0 Å². The van der Waals surface area contributed by atoms with E-state index in [-0.39, 0.29) is 18.3 Å². The number of halogens is 1. The molecule has 0 bridgehead atoms.